The van der Waals surface area contributed by atoms with E-state index in [1.807, 2.05) is 68.4 Å². The predicted octanol–water partition coefficient (Wildman–Crippen LogP) is 4.21. The van der Waals surface area contributed by atoms with Gasteiger partial charge in [-0.15, -0.1) is 11.3 Å². The van der Waals surface area contributed by atoms with E-state index < -0.39 is 12.1 Å². The molecule has 0 unspecified atom stereocenters. The lowest BCUT2D eigenvalue weighted by Crippen LogP contribution is -2.45. The number of methoxy groups -OCH3 is 1. The number of aromatic nitrogens is 2. The van der Waals surface area contributed by atoms with Crippen molar-refractivity contribution in [3.05, 3.63) is 111 Å². The van der Waals surface area contributed by atoms with Gasteiger partial charge in [0.05, 0.1) is 18.8 Å². The molecule has 6 bridgehead atoms. The number of aliphatic carboxylic acids is 1. The maximum Gasteiger partial charge on any atom is 0.300 e. The Morgan fingerprint density at radius 2 is 1.85 bits per heavy atom. The average molecular weight is 726 g/mol. The number of hydrogen-bond donors (Lipinski definition) is 3. The molecule has 2 amide bonds. The van der Waals surface area contributed by atoms with Crippen molar-refractivity contribution >= 4 is 34.1 Å². The van der Waals surface area contributed by atoms with Crippen molar-refractivity contribution < 1.29 is 33.7 Å². The molecule has 1 saturated heterocycles. The van der Waals surface area contributed by atoms with E-state index in [1.54, 1.807) is 29.8 Å². The number of amides is 2. The van der Waals surface area contributed by atoms with Crippen LogP contribution in [0.15, 0.2) is 77.7 Å². The third kappa shape index (κ3) is 8.58. The second-order valence-electron chi connectivity index (χ2n) is 12.6. The molecule has 3 aliphatic rings. The maximum absolute atomic E-state index is 13.8. The van der Waals surface area contributed by atoms with Gasteiger partial charge in [-0.3, -0.25) is 28.5 Å². The Kier molecular flexibility index (Phi) is 10.9. The van der Waals surface area contributed by atoms with Gasteiger partial charge in [0.15, 0.2) is 23.1 Å². The van der Waals surface area contributed by atoms with Crippen LogP contribution in [0.5, 0.6) is 17.2 Å². The van der Waals surface area contributed by atoms with Crippen LogP contribution in [0.25, 0.3) is 16.1 Å². The highest BCUT2D eigenvalue weighted by Crippen LogP contribution is 2.32. The summed E-state index contributed by atoms with van der Waals surface area (Å²) in [5.74, 6) is 0.241. The Morgan fingerprint density at radius 1 is 1.04 bits per heavy atom. The number of nitrogens with zero attached hydrogens (tertiary/aromatic N) is 3. The topological polar surface area (TPSA) is 161 Å². The molecule has 0 radical (unpaired) electrons. The predicted molar refractivity (Wildman–Crippen MR) is 195 cm³/mol. The first-order chi connectivity index (χ1) is 24.9. The summed E-state index contributed by atoms with van der Waals surface area (Å²) in [5.41, 5.74) is 4.61. The van der Waals surface area contributed by atoms with Crippen LogP contribution in [0.4, 0.5) is 0 Å². The highest BCUT2D eigenvalue weighted by molar-refractivity contribution is 7.16. The molecular formula is C38H39N5O8S. The monoisotopic (exact) mass is 725 g/mol. The number of hydrogen-bond acceptors (Lipinski definition) is 10. The first-order valence-electron chi connectivity index (χ1n) is 16.6. The van der Waals surface area contributed by atoms with E-state index in [4.69, 9.17) is 29.1 Å². The SMILES string of the molecule is CC(=O)O.COc1cc2ccc1O[C@H]1CN(Cc3cc(=O)n4cc(C)sc4n3)C[C@@H]1NC(=O)c1ccc(C)c(c1)-c1cccc(c1)OCC(=O)NC2. The Bertz CT molecular complexity index is 2190. The number of likely N-dealkylation sites (tertiary alicyclic amines) is 1. The van der Waals surface area contributed by atoms with Gasteiger partial charge in [0, 0.05) is 55.8 Å². The number of aryl methyl sites for hydroxylation is 2. The van der Waals surface area contributed by atoms with Gasteiger partial charge in [0.25, 0.3) is 23.3 Å². The van der Waals surface area contributed by atoms with Gasteiger partial charge in [-0.2, -0.15) is 0 Å². The van der Waals surface area contributed by atoms with Crippen LogP contribution < -0.4 is 30.4 Å². The molecule has 3 N–H and O–H groups in total. The molecule has 0 saturated carbocycles. The molecule has 5 heterocycles. The molecule has 13 nitrogen and oxygen atoms in total. The van der Waals surface area contributed by atoms with Crippen molar-refractivity contribution in [2.45, 2.75) is 46.0 Å². The fourth-order valence-electron chi connectivity index (χ4n) is 6.17. The molecule has 270 valence electrons. The van der Waals surface area contributed by atoms with Crippen molar-refractivity contribution in [2.24, 2.45) is 0 Å². The Balaban J connectivity index is 0.00000110. The fourth-order valence-corrected chi connectivity index (χ4v) is 7.02. The summed E-state index contributed by atoms with van der Waals surface area (Å²) in [6.45, 7) is 6.52. The lowest BCUT2D eigenvalue weighted by molar-refractivity contribution is -0.134. The van der Waals surface area contributed by atoms with Crippen molar-refractivity contribution in [3.63, 3.8) is 0 Å². The molecule has 1 fully saturated rings. The number of ether oxygens (including phenoxy) is 3. The van der Waals surface area contributed by atoms with Crippen LogP contribution >= 0.6 is 11.3 Å². The minimum absolute atomic E-state index is 0.125. The molecular weight excluding hydrogens is 687 g/mol. The summed E-state index contributed by atoms with van der Waals surface area (Å²) in [6, 6.07) is 19.8. The Labute approximate surface area is 303 Å². The number of carboxylic acid groups (broad SMARTS) is 1. The van der Waals surface area contributed by atoms with E-state index in [9.17, 15) is 14.4 Å². The highest BCUT2D eigenvalue weighted by Gasteiger charge is 2.36. The fraction of sp³-hybridized carbons (Fsp3) is 0.289. The number of carbonyl (C=O) groups excluding carboxylic acids is 2. The lowest BCUT2D eigenvalue weighted by Gasteiger charge is -2.23. The number of carboxylic acids is 1. The molecule has 14 heteroatoms. The summed E-state index contributed by atoms with van der Waals surface area (Å²) in [4.78, 5) is 56.8. The van der Waals surface area contributed by atoms with Crippen molar-refractivity contribution in [2.75, 3.05) is 26.8 Å². The van der Waals surface area contributed by atoms with Crippen molar-refractivity contribution in [1.29, 1.82) is 0 Å². The third-order valence-corrected chi connectivity index (χ3v) is 9.49. The van der Waals surface area contributed by atoms with Crippen LogP contribution in [0.1, 0.15) is 39.0 Å². The smallest absolute Gasteiger partial charge is 0.300 e. The molecule has 8 rings (SSSR count). The van der Waals surface area contributed by atoms with Gasteiger partial charge in [-0.25, -0.2) is 4.98 Å². The van der Waals surface area contributed by atoms with Gasteiger partial charge >= 0.3 is 0 Å². The summed E-state index contributed by atoms with van der Waals surface area (Å²) in [5, 5.41) is 13.5. The first-order valence-corrected chi connectivity index (χ1v) is 17.4. The van der Waals surface area contributed by atoms with Gasteiger partial charge in [-0.1, -0.05) is 24.3 Å². The molecule has 52 heavy (non-hydrogen) atoms. The number of rotatable bonds is 3. The van der Waals surface area contributed by atoms with Crippen LogP contribution in [-0.4, -0.2) is 76.1 Å². The van der Waals surface area contributed by atoms with Gasteiger partial charge in [0.1, 0.15) is 11.9 Å². The van der Waals surface area contributed by atoms with E-state index >= 15 is 0 Å². The van der Waals surface area contributed by atoms with Crippen LogP contribution in [0.2, 0.25) is 0 Å². The summed E-state index contributed by atoms with van der Waals surface area (Å²) in [7, 11) is 1.56. The highest BCUT2D eigenvalue weighted by atomic mass is 32.1. The standard InChI is InChI=1S/C36H35N5O6S.C2H4O2/c1-21-7-9-25-13-28(21)24-5-4-6-27(12-24)46-20-33(42)37-15-23-8-10-30(31(11-23)45-3)47-32-19-40(18-29(32)39-35(25)44)17-26-14-34(43)41-16-22(2)48-36(41)38-26;1-2(3)4/h4-14,16,29,32H,15,17-20H2,1-3H3,(H,37,42)(H,39,44);1H3,(H,3,4)/t29-,32-;/m0./s1. The maximum atomic E-state index is 13.8. The van der Waals surface area contributed by atoms with E-state index in [1.165, 1.54) is 11.3 Å². The Hall–Kier alpha value is -5.73. The number of fused-ring (bicyclic) bond motifs is 8. The van der Waals surface area contributed by atoms with E-state index in [2.05, 4.69) is 15.5 Å². The normalized spacial score (nSPS) is 17.5. The Morgan fingerprint density at radius 3 is 2.63 bits per heavy atom. The number of benzene rings is 3. The van der Waals surface area contributed by atoms with Gasteiger partial charge < -0.3 is 30.0 Å². The van der Waals surface area contributed by atoms with Crippen LogP contribution in [0.3, 0.4) is 0 Å². The average Bonchev–Trinajstić information content (AvgIpc) is 3.67. The number of nitrogens with one attached hydrogen (secondary N) is 2. The molecule has 2 atom stereocenters. The third-order valence-electron chi connectivity index (χ3n) is 8.59. The zero-order valence-electron chi connectivity index (χ0n) is 29.2. The zero-order valence-corrected chi connectivity index (χ0v) is 30.0. The molecule has 2 aromatic heterocycles. The number of thiazole rings is 1. The molecule has 0 aliphatic carbocycles. The van der Waals surface area contributed by atoms with Gasteiger partial charge in [-0.05, 0) is 72.5 Å². The van der Waals surface area contributed by atoms with Crippen molar-refractivity contribution in [3.8, 4) is 28.4 Å². The van der Waals surface area contributed by atoms with Crippen molar-refractivity contribution in [1.82, 2.24) is 24.9 Å². The lowest BCUT2D eigenvalue weighted by atomic mass is 9.97. The number of carbonyl (C=O) groups is 3. The molecule has 3 aliphatic heterocycles. The summed E-state index contributed by atoms with van der Waals surface area (Å²) >= 11 is 1.47. The van der Waals surface area contributed by atoms with Gasteiger partial charge in [0.2, 0.25) is 0 Å². The van der Waals surface area contributed by atoms with Crippen LogP contribution in [-0.2, 0) is 22.7 Å². The molecule has 0 spiro atoms. The molecule has 3 aromatic carbocycles. The zero-order chi connectivity index (χ0) is 36.9. The minimum atomic E-state index is -0.833. The van der Waals surface area contributed by atoms with E-state index in [0.29, 0.717) is 53.1 Å². The summed E-state index contributed by atoms with van der Waals surface area (Å²) < 4.78 is 19.6. The first kappa shape index (κ1) is 36.1. The van der Waals surface area contributed by atoms with E-state index in [0.717, 1.165) is 34.1 Å². The molecule has 5 aromatic rings. The van der Waals surface area contributed by atoms with E-state index in [-0.39, 0.29) is 36.6 Å². The second kappa shape index (κ2) is 15.7. The summed E-state index contributed by atoms with van der Waals surface area (Å²) in [6.07, 6.45) is 1.36. The second-order valence-corrected chi connectivity index (χ2v) is 13.9. The van der Waals surface area contributed by atoms with Crippen LogP contribution in [0, 0.1) is 13.8 Å². The largest absolute Gasteiger partial charge is 0.493 e. The quantitative estimate of drug-likeness (QED) is 0.246. The minimum Gasteiger partial charge on any atom is -0.493 e.